The van der Waals surface area contributed by atoms with Gasteiger partial charge in [-0.15, -0.1) is 0 Å². The number of rotatable bonds is 1. The summed E-state index contributed by atoms with van der Waals surface area (Å²) in [4.78, 5) is 9.50. The second kappa shape index (κ2) is 3.23. The zero-order valence-corrected chi connectivity index (χ0v) is 6.82. The highest BCUT2D eigenvalue weighted by molar-refractivity contribution is 5.23. The van der Waals surface area contributed by atoms with Crippen LogP contribution >= 0.6 is 0 Å². The fraction of sp³-hybridized carbons (Fsp3) is 0.333. The summed E-state index contributed by atoms with van der Waals surface area (Å²) in [6.07, 6.45) is -0.357. The lowest BCUT2D eigenvalue weighted by atomic mass is 10.1. The van der Waals surface area contributed by atoms with E-state index >= 15 is 0 Å². The number of hydrogen-bond donors (Lipinski definition) is 0. The number of ether oxygens (including phenoxy) is 1. The monoisotopic (exact) mass is 166 g/mol. The van der Waals surface area contributed by atoms with Crippen LogP contribution in [0.4, 0.5) is 0 Å². The van der Waals surface area contributed by atoms with Crippen LogP contribution in [0.1, 0.15) is 17.4 Å². The van der Waals surface area contributed by atoms with E-state index in [2.05, 4.69) is 4.89 Å². The Morgan fingerprint density at radius 1 is 1.42 bits per heavy atom. The van der Waals surface area contributed by atoms with Crippen molar-refractivity contribution in [3.63, 3.8) is 0 Å². The molecule has 1 aliphatic heterocycles. The topological polar surface area (TPSA) is 27.7 Å². The number of benzene rings is 1. The van der Waals surface area contributed by atoms with Crippen molar-refractivity contribution in [3.8, 4) is 0 Å². The quantitative estimate of drug-likeness (QED) is 0.596. The van der Waals surface area contributed by atoms with Gasteiger partial charge in [0.05, 0.1) is 0 Å². The molecular formula is C9H10O3. The third-order valence-electron chi connectivity index (χ3n) is 1.74. The van der Waals surface area contributed by atoms with Gasteiger partial charge < -0.3 is 4.74 Å². The SMILES string of the molecule is Cc1cccc(C2OCOO2)c1. The number of aryl methyl sites for hydroxylation is 1. The molecule has 1 heterocycles. The molecule has 0 radical (unpaired) electrons. The first kappa shape index (κ1) is 7.73. The average molecular weight is 166 g/mol. The maximum atomic E-state index is 5.15. The van der Waals surface area contributed by atoms with Crippen molar-refractivity contribution >= 4 is 0 Å². The predicted molar refractivity (Wildman–Crippen MR) is 42.0 cm³/mol. The van der Waals surface area contributed by atoms with E-state index in [9.17, 15) is 0 Å². The molecule has 1 saturated heterocycles. The summed E-state index contributed by atoms with van der Waals surface area (Å²) in [5.74, 6) is 0. The van der Waals surface area contributed by atoms with Gasteiger partial charge in [0.1, 0.15) is 0 Å². The molecule has 1 aromatic carbocycles. The van der Waals surface area contributed by atoms with Gasteiger partial charge in [0, 0.05) is 5.56 Å². The van der Waals surface area contributed by atoms with Gasteiger partial charge in [0.2, 0.25) is 6.29 Å². The van der Waals surface area contributed by atoms with E-state index in [-0.39, 0.29) is 13.1 Å². The van der Waals surface area contributed by atoms with Crippen LogP contribution < -0.4 is 0 Å². The molecule has 12 heavy (non-hydrogen) atoms. The molecule has 0 spiro atoms. The summed E-state index contributed by atoms with van der Waals surface area (Å²) < 4.78 is 5.15. The molecule has 3 nitrogen and oxygen atoms in total. The van der Waals surface area contributed by atoms with E-state index in [1.807, 2.05) is 31.2 Å². The maximum absolute atomic E-state index is 5.15. The third-order valence-corrected chi connectivity index (χ3v) is 1.74. The summed E-state index contributed by atoms with van der Waals surface area (Å²) in [5, 5.41) is 0. The summed E-state index contributed by atoms with van der Waals surface area (Å²) in [7, 11) is 0. The van der Waals surface area contributed by atoms with Crippen LogP contribution in [0.25, 0.3) is 0 Å². The summed E-state index contributed by atoms with van der Waals surface area (Å²) in [6, 6.07) is 7.96. The first-order valence-electron chi connectivity index (χ1n) is 3.83. The van der Waals surface area contributed by atoms with Crippen LogP contribution in [0.15, 0.2) is 24.3 Å². The van der Waals surface area contributed by atoms with Crippen molar-refractivity contribution in [2.75, 3.05) is 6.79 Å². The van der Waals surface area contributed by atoms with E-state index in [1.165, 1.54) is 5.56 Å². The Hall–Kier alpha value is -0.900. The molecule has 0 N–H and O–H groups in total. The highest BCUT2D eigenvalue weighted by atomic mass is 17.3. The largest absolute Gasteiger partial charge is 0.316 e. The highest BCUT2D eigenvalue weighted by Gasteiger charge is 2.19. The molecule has 0 aromatic heterocycles. The lowest BCUT2D eigenvalue weighted by molar-refractivity contribution is -0.279. The Bertz CT molecular complexity index is 266. The van der Waals surface area contributed by atoms with Crippen LogP contribution in [0.3, 0.4) is 0 Å². The molecule has 1 aromatic rings. The second-order valence-electron chi connectivity index (χ2n) is 2.74. The van der Waals surface area contributed by atoms with Gasteiger partial charge in [-0.1, -0.05) is 29.8 Å². The van der Waals surface area contributed by atoms with Gasteiger partial charge in [-0.2, -0.15) is 4.89 Å². The molecule has 0 aliphatic carbocycles. The molecule has 1 unspecified atom stereocenters. The third kappa shape index (κ3) is 1.48. The standard InChI is InChI=1S/C9H10O3/c1-7-3-2-4-8(5-7)9-10-6-11-12-9/h2-5,9H,6H2,1H3. The van der Waals surface area contributed by atoms with Crippen molar-refractivity contribution < 1.29 is 14.5 Å². The molecule has 0 amide bonds. The van der Waals surface area contributed by atoms with Crippen molar-refractivity contribution in [2.45, 2.75) is 13.2 Å². The summed E-state index contributed by atoms with van der Waals surface area (Å²) >= 11 is 0. The van der Waals surface area contributed by atoms with E-state index < -0.39 is 0 Å². The van der Waals surface area contributed by atoms with Gasteiger partial charge in [-0.25, -0.2) is 4.89 Å². The van der Waals surface area contributed by atoms with Crippen molar-refractivity contribution in [1.29, 1.82) is 0 Å². The Morgan fingerprint density at radius 3 is 3.00 bits per heavy atom. The van der Waals surface area contributed by atoms with Crippen LogP contribution in [0.2, 0.25) is 0 Å². The molecule has 1 fully saturated rings. The van der Waals surface area contributed by atoms with Crippen LogP contribution in [-0.2, 0) is 14.5 Å². The van der Waals surface area contributed by atoms with Gasteiger partial charge in [-0.05, 0) is 6.92 Å². The Kier molecular flexibility index (Phi) is 2.08. The molecule has 0 saturated carbocycles. The molecule has 64 valence electrons. The Morgan fingerprint density at radius 2 is 2.33 bits per heavy atom. The smallest absolute Gasteiger partial charge is 0.219 e. The van der Waals surface area contributed by atoms with E-state index in [4.69, 9.17) is 9.62 Å². The molecule has 0 bridgehead atoms. The molecule has 2 rings (SSSR count). The number of hydrogen-bond acceptors (Lipinski definition) is 3. The Labute approximate surface area is 70.8 Å². The molecule has 1 atom stereocenters. The van der Waals surface area contributed by atoms with Gasteiger partial charge in [-0.3, -0.25) is 0 Å². The van der Waals surface area contributed by atoms with Crippen LogP contribution in [0.5, 0.6) is 0 Å². The van der Waals surface area contributed by atoms with E-state index in [1.54, 1.807) is 0 Å². The minimum Gasteiger partial charge on any atom is -0.316 e. The zero-order chi connectivity index (χ0) is 8.39. The lowest BCUT2D eigenvalue weighted by Gasteiger charge is -2.06. The second-order valence-corrected chi connectivity index (χ2v) is 2.74. The summed E-state index contributed by atoms with van der Waals surface area (Å²) in [6.45, 7) is 2.23. The minimum atomic E-state index is -0.357. The fourth-order valence-electron chi connectivity index (χ4n) is 1.18. The maximum Gasteiger partial charge on any atom is 0.219 e. The van der Waals surface area contributed by atoms with Crippen molar-refractivity contribution in [2.24, 2.45) is 0 Å². The first-order chi connectivity index (χ1) is 5.86. The fourth-order valence-corrected chi connectivity index (χ4v) is 1.18. The Balaban J connectivity index is 2.21. The van der Waals surface area contributed by atoms with Crippen LogP contribution in [-0.4, -0.2) is 6.79 Å². The molecule has 3 heteroatoms. The van der Waals surface area contributed by atoms with Gasteiger partial charge in [0.25, 0.3) is 0 Å². The van der Waals surface area contributed by atoms with E-state index in [0.717, 1.165) is 5.56 Å². The van der Waals surface area contributed by atoms with Crippen LogP contribution in [0, 0.1) is 6.92 Å². The van der Waals surface area contributed by atoms with Crippen molar-refractivity contribution in [1.82, 2.24) is 0 Å². The predicted octanol–water partition coefficient (Wildman–Crippen LogP) is 1.93. The molecule has 1 aliphatic rings. The first-order valence-corrected chi connectivity index (χ1v) is 3.83. The van der Waals surface area contributed by atoms with Gasteiger partial charge >= 0.3 is 0 Å². The molecular weight excluding hydrogens is 156 g/mol. The average Bonchev–Trinajstić information content (AvgIpc) is 2.56. The minimum absolute atomic E-state index is 0.207. The summed E-state index contributed by atoms with van der Waals surface area (Å²) in [5.41, 5.74) is 2.18. The van der Waals surface area contributed by atoms with E-state index in [0.29, 0.717) is 0 Å². The zero-order valence-electron chi connectivity index (χ0n) is 6.82. The highest BCUT2D eigenvalue weighted by Crippen LogP contribution is 2.24. The lowest BCUT2D eigenvalue weighted by Crippen LogP contribution is -1.97. The normalized spacial score (nSPS) is 22.9. The van der Waals surface area contributed by atoms with Gasteiger partial charge in [0.15, 0.2) is 6.79 Å². The van der Waals surface area contributed by atoms with Crippen molar-refractivity contribution in [3.05, 3.63) is 35.4 Å².